The molecular weight excluding hydrogens is 395 g/mol. The van der Waals surface area contributed by atoms with E-state index in [0.29, 0.717) is 30.8 Å². The Labute approximate surface area is 162 Å². The zero-order valence-electron chi connectivity index (χ0n) is 16.2. The van der Waals surface area contributed by atoms with E-state index in [1.54, 1.807) is 13.8 Å². The molecule has 1 aliphatic rings. The van der Waals surface area contributed by atoms with Crippen LogP contribution >= 0.6 is 0 Å². The molecule has 0 bridgehead atoms. The fourth-order valence-corrected chi connectivity index (χ4v) is 4.52. The molecule has 0 amide bonds. The molecule has 11 heteroatoms. The Bertz CT molecular complexity index is 969. The molecule has 2 aromatic rings. The van der Waals surface area contributed by atoms with Crippen molar-refractivity contribution in [3.63, 3.8) is 0 Å². The zero-order valence-corrected chi connectivity index (χ0v) is 17.0. The lowest BCUT2D eigenvalue weighted by atomic mass is 9.96. The highest BCUT2D eigenvalue weighted by atomic mass is 32.2. The van der Waals surface area contributed by atoms with Gasteiger partial charge in [0.25, 0.3) is 10.2 Å². The van der Waals surface area contributed by atoms with Crippen LogP contribution in [0.1, 0.15) is 55.6 Å². The highest BCUT2D eigenvalue weighted by molar-refractivity contribution is 7.86. The van der Waals surface area contributed by atoms with E-state index in [4.69, 9.17) is 0 Å². The van der Waals surface area contributed by atoms with Crippen LogP contribution in [0.4, 0.5) is 13.2 Å². The van der Waals surface area contributed by atoms with Crippen molar-refractivity contribution in [1.29, 1.82) is 0 Å². The zero-order chi connectivity index (χ0) is 20.9. The number of nitrogens with zero attached hydrogens (tertiary/aromatic N) is 5. The molecule has 1 unspecified atom stereocenters. The number of alkyl halides is 3. The average molecular weight is 419 g/mol. The lowest BCUT2D eigenvalue weighted by molar-refractivity contribution is -0.142. The third-order valence-corrected chi connectivity index (χ3v) is 6.85. The van der Waals surface area contributed by atoms with Crippen molar-refractivity contribution in [3.05, 3.63) is 29.2 Å². The van der Waals surface area contributed by atoms with Gasteiger partial charge < -0.3 is 0 Å². The van der Waals surface area contributed by atoms with Crippen molar-refractivity contribution in [1.82, 2.24) is 23.2 Å². The summed E-state index contributed by atoms with van der Waals surface area (Å²) >= 11 is 0. The van der Waals surface area contributed by atoms with Crippen molar-refractivity contribution in [2.45, 2.75) is 44.7 Å². The van der Waals surface area contributed by atoms with Crippen LogP contribution in [0, 0.1) is 0 Å². The predicted octanol–water partition coefficient (Wildman–Crippen LogP) is 2.86. The van der Waals surface area contributed by atoms with Gasteiger partial charge in [-0.05, 0) is 24.8 Å². The summed E-state index contributed by atoms with van der Waals surface area (Å²) in [6.07, 6.45) is -3.30. The third-order valence-electron chi connectivity index (χ3n) is 4.94. The van der Waals surface area contributed by atoms with Crippen LogP contribution in [0.2, 0.25) is 0 Å². The first-order valence-electron chi connectivity index (χ1n) is 9.06. The van der Waals surface area contributed by atoms with Crippen molar-refractivity contribution in [3.8, 4) is 0 Å². The van der Waals surface area contributed by atoms with Crippen LogP contribution in [0.3, 0.4) is 0 Å². The Hall–Kier alpha value is -1.72. The van der Waals surface area contributed by atoms with Gasteiger partial charge in [0.1, 0.15) is 5.69 Å². The van der Waals surface area contributed by atoms with E-state index in [-0.39, 0.29) is 24.0 Å². The largest absolute Gasteiger partial charge is 0.433 e. The van der Waals surface area contributed by atoms with E-state index in [0.717, 1.165) is 14.9 Å². The van der Waals surface area contributed by atoms with E-state index in [1.807, 2.05) is 0 Å². The van der Waals surface area contributed by atoms with E-state index in [2.05, 4.69) is 10.1 Å². The molecule has 156 valence electrons. The second-order valence-electron chi connectivity index (χ2n) is 7.55. The molecule has 0 radical (unpaired) electrons. The topological polar surface area (TPSA) is 70.8 Å². The van der Waals surface area contributed by atoms with E-state index < -0.39 is 22.1 Å². The van der Waals surface area contributed by atoms with Gasteiger partial charge in [0, 0.05) is 44.9 Å². The van der Waals surface area contributed by atoms with Gasteiger partial charge in [-0.2, -0.15) is 35.3 Å². The quantitative estimate of drug-likeness (QED) is 0.764. The number of aromatic nitrogens is 3. The molecule has 1 aliphatic heterocycles. The minimum atomic E-state index is -4.57. The van der Waals surface area contributed by atoms with Crippen molar-refractivity contribution in [2.24, 2.45) is 0 Å². The highest BCUT2D eigenvalue weighted by Crippen LogP contribution is 2.33. The monoisotopic (exact) mass is 419 g/mol. The van der Waals surface area contributed by atoms with Gasteiger partial charge in [0.05, 0.1) is 5.69 Å². The summed E-state index contributed by atoms with van der Waals surface area (Å²) in [6, 6.07) is 2.57. The van der Waals surface area contributed by atoms with E-state index in [9.17, 15) is 21.6 Å². The Kier molecular flexibility index (Phi) is 5.45. The van der Waals surface area contributed by atoms with Gasteiger partial charge >= 0.3 is 6.18 Å². The second kappa shape index (κ2) is 7.27. The molecule has 3 heterocycles. The number of fused-ring (bicyclic) bond motifs is 1. The van der Waals surface area contributed by atoms with Crippen LogP contribution in [0.5, 0.6) is 0 Å². The molecule has 1 atom stereocenters. The first kappa shape index (κ1) is 21.0. The fourth-order valence-electron chi connectivity index (χ4n) is 3.33. The first-order valence-corrected chi connectivity index (χ1v) is 10.5. The molecule has 1 saturated heterocycles. The highest BCUT2D eigenvalue weighted by Gasteiger charge is 2.37. The third kappa shape index (κ3) is 3.87. The first-order chi connectivity index (χ1) is 12.9. The molecule has 0 aromatic carbocycles. The molecule has 28 heavy (non-hydrogen) atoms. The summed E-state index contributed by atoms with van der Waals surface area (Å²) < 4.78 is 68.7. The molecule has 2 aromatic heterocycles. The maximum Gasteiger partial charge on any atom is 0.433 e. The molecule has 7 nitrogen and oxygen atoms in total. The van der Waals surface area contributed by atoms with Gasteiger partial charge in [0.2, 0.25) is 0 Å². The molecule has 0 N–H and O–H groups in total. The Morgan fingerprint density at radius 2 is 1.93 bits per heavy atom. The lowest BCUT2D eigenvalue weighted by Gasteiger charge is -2.32. The van der Waals surface area contributed by atoms with Crippen LogP contribution in [-0.4, -0.2) is 58.8 Å². The maximum atomic E-state index is 13.5. The van der Waals surface area contributed by atoms with Crippen LogP contribution < -0.4 is 0 Å². The fraction of sp³-hybridized carbons (Fsp3) is 0.647. The van der Waals surface area contributed by atoms with E-state index >= 15 is 0 Å². The SMILES string of the molecule is CC(C)c1cc(C(F)(F)F)n2nc(C3CCCN(S(=O)(=O)N(C)C)C3)cc2n1. The lowest BCUT2D eigenvalue weighted by Crippen LogP contribution is -2.44. The number of hydrogen-bond acceptors (Lipinski definition) is 4. The van der Waals surface area contributed by atoms with Crippen LogP contribution in [0.15, 0.2) is 12.1 Å². The van der Waals surface area contributed by atoms with Gasteiger partial charge in [-0.25, -0.2) is 9.50 Å². The summed E-state index contributed by atoms with van der Waals surface area (Å²) in [5.74, 6) is -0.450. The van der Waals surface area contributed by atoms with Crippen molar-refractivity contribution < 1.29 is 21.6 Å². The van der Waals surface area contributed by atoms with Gasteiger partial charge in [-0.15, -0.1) is 0 Å². The Balaban J connectivity index is 2.02. The Morgan fingerprint density at radius 3 is 2.50 bits per heavy atom. The Morgan fingerprint density at radius 1 is 1.25 bits per heavy atom. The molecule has 0 aliphatic carbocycles. The summed E-state index contributed by atoms with van der Waals surface area (Å²) in [6.45, 7) is 4.12. The molecule has 1 fully saturated rings. The number of rotatable bonds is 4. The van der Waals surface area contributed by atoms with Gasteiger partial charge in [-0.3, -0.25) is 0 Å². The second-order valence-corrected chi connectivity index (χ2v) is 9.69. The minimum absolute atomic E-state index is 0.126. The van der Waals surface area contributed by atoms with Crippen LogP contribution in [0.25, 0.3) is 5.65 Å². The van der Waals surface area contributed by atoms with Crippen LogP contribution in [-0.2, 0) is 16.4 Å². The van der Waals surface area contributed by atoms with Crippen molar-refractivity contribution >= 4 is 15.9 Å². The molecule has 0 saturated carbocycles. The number of hydrogen-bond donors (Lipinski definition) is 0. The smallest absolute Gasteiger partial charge is 0.233 e. The normalized spacial score (nSPS) is 19.8. The van der Waals surface area contributed by atoms with Gasteiger partial charge in [0.15, 0.2) is 5.65 Å². The summed E-state index contributed by atoms with van der Waals surface area (Å²) in [7, 11) is -0.673. The maximum absolute atomic E-state index is 13.5. The molecule has 0 spiro atoms. The van der Waals surface area contributed by atoms with E-state index in [1.165, 1.54) is 24.5 Å². The summed E-state index contributed by atoms with van der Waals surface area (Å²) in [4.78, 5) is 4.32. The molecule has 3 rings (SSSR count). The van der Waals surface area contributed by atoms with Crippen molar-refractivity contribution in [2.75, 3.05) is 27.2 Å². The number of piperidine rings is 1. The average Bonchev–Trinajstić information content (AvgIpc) is 3.03. The predicted molar refractivity (Wildman–Crippen MR) is 98.2 cm³/mol. The number of halogens is 3. The summed E-state index contributed by atoms with van der Waals surface area (Å²) in [5, 5.41) is 4.16. The van der Waals surface area contributed by atoms with Gasteiger partial charge in [-0.1, -0.05) is 13.8 Å². The standard InChI is InChI=1S/C17H24F3N5O2S/c1-11(2)13-8-15(17(18,19)20)25-16(21-13)9-14(22-25)12-6-5-7-24(10-12)28(26,27)23(3)4/h8-9,11-12H,5-7,10H2,1-4H3. The minimum Gasteiger partial charge on any atom is -0.233 e. The molecular formula is C17H24F3N5O2S. The summed E-state index contributed by atoms with van der Waals surface area (Å²) in [5.41, 5.74) is 0.0198.